The summed E-state index contributed by atoms with van der Waals surface area (Å²) in [6, 6.07) is 6.91. The molecule has 2 rings (SSSR count). The van der Waals surface area contributed by atoms with Crippen LogP contribution in [0.1, 0.15) is 25.2 Å². The van der Waals surface area contributed by atoms with Crippen molar-refractivity contribution in [3.05, 3.63) is 34.1 Å². The summed E-state index contributed by atoms with van der Waals surface area (Å²) < 4.78 is 3.08. The number of nitrogens with zero attached hydrogens (tertiary/aromatic N) is 3. The molecule has 0 aliphatic rings. The summed E-state index contributed by atoms with van der Waals surface area (Å²) in [5.41, 5.74) is 1.27. The number of hydrogen-bond acceptors (Lipinski definition) is 4. The zero-order chi connectivity index (χ0) is 14.7. The van der Waals surface area contributed by atoms with E-state index in [2.05, 4.69) is 63.5 Å². The van der Waals surface area contributed by atoms with Gasteiger partial charge in [0, 0.05) is 29.0 Å². The third-order valence-electron chi connectivity index (χ3n) is 2.96. The molecule has 6 heteroatoms. The smallest absolute Gasteiger partial charge is 0.195 e. The van der Waals surface area contributed by atoms with E-state index in [9.17, 15) is 0 Å². The van der Waals surface area contributed by atoms with Crippen molar-refractivity contribution < 1.29 is 0 Å². The SMILES string of the molecule is Cc1nnc(Sc2ccc(CNC(C)C)cc2Br)n1C. The average Bonchev–Trinajstić information content (AvgIpc) is 2.71. The van der Waals surface area contributed by atoms with E-state index >= 15 is 0 Å². The first-order valence-electron chi connectivity index (χ1n) is 6.53. The molecule has 0 atom stereocenters. The molecule has 0 bridgehead atoms. The maximum Gasteiger partial charge on any atom is 0.195 e. The van der Waals surface area contributed by atoms with Crippen LogP contribution in [0.3, 0.4) is 0 Å². The van der Waals surface area contributed by atoms with Crippen LogP contribution in [0.2, 0.25) is 0 Å². The minimum absolute atomic E-state index is 0.490. The van der Waals surface area contributed by atoms with Gasteiger partial charge in [-0.15, -0.1) is 10.2 Å². The molecule has 1 aromatic carbocycles. The minimum atomic E-state index is 0.490. The monoisotopic (exact) mass is 354 g/mol. The van der Waals surface area contributed by atoms with Crippen molar-refractivity contribution in [2.45, 2.75) is 43.4 Å². The summed E-state index contributed by atoms with van der Waals surface area (Å²) in [4.78, 5) is 1.15. The van der Waals surface area contributed by atoms with Gasteiger partial charge in [-0.05, 0) is 52.3 Å². The molecule has 0 amide bonds. The topological polar surface area (TPSA) is 42.7 Å². The Hall–Kier alpha value is -0.850. The van der Waals surface area contributed by atoms with Gasteiger partial charge in [-0.3, -0.25) is 0 Å². The molecule has 0 radical (unpaired) electrons. The van der Waals surface area contributed by atoms with Crippen LogP contribution in [-0.4, -0.2) is 20.8 Å². The highest BCUT2D eigenvalue weighted by molar-refractivity contribution is 9.10. The molecule has 0 aliphatic heterocycles. The van der Waals surface area contributed by atoms with Gasteiger partial charge in [-0.1, -0.05) is 19.9 Å². The van der Waals surface area contributed by atoms with Crippen LogP contribution in [0.4, 0.5) is 0 Å². The number of nitrogens with one attached hydrogen (secondary N) is 1. The Morgan fingerprint density at radius 3 is 2.65 bits per heavy atom. The summed E-state index contributed by atoms with van der Waals surface area (Å²) >= 11 is 5.25. The van der Waals surface area contributed by atoms with Crippen molar-refractivity contribution in [2.75, 3.05) is 0 Å². The number of rotatable bonds is 5. The number of aromatic nitrogens is 3. The predicted octanol–water partition coefficient (Wildman–Crippen LogP) is 3.54. The van der Waals surface area contributed by atoms with E-state index in [0.29, 0.717) is 6.04 Å². The van der Waals surface area contributed by atoms with E-state index in [1.807, 2.05) is 18.5 Å². The molecule has 4 nitrogen and oxygen atoms in total. The van der Waals surface area contributed by atoms with E-state index in [1.165, 1.54) is 5.56 Å². The molecule has 0 unspecified atom stereocenters. The highest BCUT2D eigenvalue weighted by Crippen LogP contribution is 2.33. The third-order valence-corrected chi connectivity index (χ3v) is 5.00. The molecule has 0 spiro atoms. The molecule has 20 heavy (non-hydrogen) atoms. The molecule has 0 aliphatic carbocycles. The Morgan fingerprint density at radius 1 is 1.35 bits per heavy atom. The molecule has 0 fully saturated rings. The molecule has 1 heterocycles. The number of halogens is 1. The Kier molecular flexibility index (Phi) is 5.23. The van der Waals surface area contributed by atoms with Gasteiger partial charge >= 0.3 is 0 Å². The van der Waals surface area contributed by atoms with Crippen LogP contribution >= 0.6 is 27.7 Å². The first-order valence-corrected chi connectivity index (χ1v) is 8.14. The number of hydrogen-bond donors (Lipinski definition) is 1. The van der Waals surface area contributed by atoms with Crippen molar-refractivity contribution in [3.8, 4) is 0 Å². The van der Waals surface area contributed by atoms with Gasteiger partial charge in [0.05, 0.1) is 0 Å². The summed E-state index contributed by atoms with van der Waals surface area (Å²) in [6.07, 6.45) is 0. The predicted molar refractivity (Wildman–Crippen MR) is 86.0 cm³/mol. The largest absolute Gasteiger partial charge is 0.310 e. The van der Waals surface area contributed by atoms with Crippen molar-refractivity contribution >= 4 is 27.7 Å². The van der Waals surface area contributed by atoms with Crippen LogP contribution in [0.5, 0.6) is 0 Å². The van der Waals surface area contributed by atoms with Crippen molar-refractivity contribution in [1.29, 1.82) is 0 Å². The Bertz CT molecular complexity index is 595. The van der Waals surface area contributed by atoms with Gasteiger partial charge in [-0.2, -0.15) is 0 Å². The van der Waals surface area contributed by atoms with Crippen LogP contribution in [0, 0.1) is 6.92 Å². The van der Waals surface area contributed by atoms with E-state index in [1.54, 1.807) is 11.8 Å². The lowest BCUT2D eigenvalue weighted by Gasteiger charge is -2.10. The Balaban J connectivity index is 2.11. The fourth-order valence-electron chi connectivity index (χ4n) is 1.63. The lowest BCUT2D eigenvalue weighted by molar-refractivity contribution is 0.588. The molecular weight excluding hydrogens is 336 g/mol. The summed E-state index contributed by atoms with van der Waals surface area (Å²) in [7, 11) is 1.98. The second-order valence-electron chi connectivity index (χ2n) is 4.99. The van der Waals surface area contributed by atoms with Crippen LogP contribution in [-0.2, 0) is 13.6 Å². The zero-order valence-electron chi connectivity index (χ0n) is 12.1. The fourth-order valence-corrected chi connectivity index (χ4v) is 3.14. The second kappa shape index (κ2) is 6.74. The Labute approximate surface area is 132 Å². The van der Waals surface area contributed by atoms with Crippen molar-refractivity contribution in [2.24, 2.45) is 7.05 Å². The van der Waals surface area contributed by atoms with Crippen molar-refractivity contribution in [1.82, 2.24) is 20.1 Å². The summed E-state index contributed by atoms with van der Waals surface area (Å²) in [6.45, 7) is 7.13. The number of benzene rings is 1. The molecule has 108 valence electrons. The van der Waals surface area contributed by atoms with Crippen LogP contribution in [0.15, 0.2) is 32.7 Å². The second-order valence-corrected chi connectivity index (χ2v) is 6.85. The quantitative estimate of drug-likeness (QED) is 0.891. The van der Waals surface area contributed by atoms with Gasteiger partial charge in [0.1, 0.15) is 5.82 Å². The lowest BCUT2D eigenvalue weighted by atomic mass is 10.2. The van der Waals surface area contributed by atoms with Gasteiger partial charge in [0.2, 0.25) is 0 Å². The molecular formula is C14H19BrN4S. The summed E-state index contributed by atoms with van der Waals surface area (Å²) in [5.74, 6) is 0.918. The van der Waals surface area contributed by atoms with E-state index < -0.39 is 0 Å². The van der Waals surface area contributed by atoms with Gasteiger partial charge in [-0.25, -0.2) is 0 Å². The molecule has 2 aromatic rings. The normalized spacial score (nSPS) is 11.3. The molecule has 0 saturated carbocycles. The third kappa shape index (κ3) is 3.84. The van der Waals surface area contributed by atoms with E-state index in [4.69, 9.17) is 0 Å². The maximum atomic E-state index is 4.18. The van der Waals surface area contributed by atoms with Gasteiger partial charge < -0.3 is 9.88 Å². The summed E-state index contributed by atoms with van der Waals surface area (Å²) in [5, 5.41) is 12.6. The maximum absolute atomic E-state index is 4.18. The fraction of sp³-hybridized carbons (Fsp3) is 0.429. The Morgan fingerprint density at radius 2 is 2.10 bits per heavy atom. The highest BCUT2D eigenvalue weighted by atomic mass is 79.9. The highest BCUT2D eigenvalue weighted by Gasteiger charge is 2.10. The van der Waals surface area contributed by atoms with E-state index in [-0.39, 0.29) is 0 Å². The molecule has 0 saturated heterocycles. The molecule has 1 aromatic heterocycles. The van der Waals surface area contributed by atoms with E-state index in [0.717, 1.165) is 26.9 Å². The van der Waals surface area contributed by atoms with Gasteiger partial charge in [0.25, 0.3) is 0 Å². The average molecular weight is 355 g/mol. The van der Waals surface area contributed by atoms with Crippen LogP contribution < -0.4 is 5.32 Å². The lowest BCUT2D eigenvalue weighted by Crippen LogP contribution is -2.21. The first kappa shape index (κ1) is 15.5. The van der Waals surface area contributed by atoms with Crippen molar-refractivity contribution in [3.63, 3.8) is 0 Å². The standard InChI is InChI=1S/C14H19BrN4S/c1-9(2)16-8-11-5-6-13(12(15)7-11)20-14-18-17-10(3)19(14)4/h5-7,9,16H,8H2,1-4H3. The zero-order valence-corrected chi connectivity index (χ0v) is 14.5. The minimum Gasteiger partial charge on any atom is -0.310 e. The first-order chi connectivity index (χ1) is 9.47. The number of aryl methyl sites for hydroxylation is 1. The molecule has 1 N–H and O–H groups in total. The van der Waals surface area contributed by atoms with Crippen LogP contribution in [0.25, 0.3) is 0 Å². The van der Waals surface area contributed by atoms with Gasteiger partial charge in [0.15, 0.2) is 5.16 Å².